The molecular formula is C14H24N4S. The second kappa shape index (κ2) is 6.98. The van der Waals surface area contributed by atoms with Crippen LogP contribution in [0.4, 0.5) is 11.6 Å². The Morgan fingerprint density at radius 2 is 2.11 bits per heavy atom. The zero-order valence-electron chi connectivity index (χ0n) is 12.2. The molecule has 5 heteroatoms. The summed E-state index contributed by atoms with van der Waals surface area (Å²) in [7, 11) is 1.94. The Labute approximate surface area is 120 Å². The van der Waals surface area contributed by atoms with Crippen molar-refractivity contribution >= 4 is 23.4 Å². The van der Waals surface area contributed by atoms with Gasteiger partial charge in [0.2, 0.25) is 0 Å². The number of hydrogen-bond donors (Lipinski definition) is 1. The molecule has 1 saturated heterocycles. The molecule has 106 valence electrons. The van der Waals surface area contributed by atoms with Crippen LogP contribution in [0.15, 0.2) is 0 Å². The van der Waals surface area contributed by atoms with Crippen LogP contribution in [-0.2, 0) is 6.42 Å². The number of rotatable bonds is 4. The van der Waals surface area contributed by atoms with E-state index in [1.807, 2.05) is 18.8 Å². The summed E-state index contributed by atoms with van der Waals surface area (Å²) in [5.74, 6) is 5.53. The summed E-state index contributed by atoms with van der Waals surface area (Å²) in [6, 6.07) is 0. The average Bonchev–Trinajstić information content (AvgIpc) is 2.69. The number of hydrogen-bond acceptors (Lipinski definition) is 5. The van der Waals surface area contributed by atoms with Crippen LogP contribution in [0.25, 0.3) is 0 Å². The summed E-state index contributed by atoms with van der Waals surface area (Å²) in [4.78, 5) is 11.8. The van der Waals surface area contributed by atoms with E-state index in [4.69, 9.17) is 4.98 Å². The van der Waals surface area contributed by atoms with E-state index in [0.29, 0.717) is 0 Å². The van der Waals surface area contributed by atoms with Crippen LogP contribution in [0, 0.1) is 6.92 Å². The van der Waals surface area contributed by atoms with Crippen molar-refractivity contribution in [2.45, 2.75) is 33.1 Å². The molecule has 1 N–H and O–H groups in total. The lowest BCUT2D eigenvalue weighted by molar-refractivity contribution is 0.770. The first-order valence-corrected chi connectivity index (χ1v) is 8.29. The molecule has 1 aromatic rings. The van der Waals surface area contributed by atoms with Crippen LogP contribution in [-0.4, -0.2) is 41.6 Å². The van der Waals surface area contributed by atoms with Gasteiger partial charge in [0.1, 0.15) is 17.5 Å². The summed E-state index contributed by atoms with van der Waals surface area (Å²) in [6.45, 7) is 6.50. The van der Waals surface area contributed by atoms with Gasteiger partial charge in [0.05, 0.1) is 0 Å². The largest absolute Gasteiger partial charge is 0.373 e. The fraction of sp³-hybridized carbons (Fsp3) is 0.714. The van der Waals surface area contributed by atoms with Crippen LogP contribution in [0.2, 0.25) is 0 Å². The Kier molecular flexibility index (Phi) is 5.31. The zero-order chi connectivity index (χ0) is 13.7. The van der Waals surface area contributed by atoms with Crippen molar-refractivity contribution in [3.8, 4) is 0 Å². The molecule has 0 bridgehead atoms. The third-order valence-corrected chi connectivity index (χ3v) is 4.45. The summed E-state index contributed by atoms with van der Waals surface area (Å²) in [5.41, 5.74) is 1.18. The predicted octanol–water partition coefficient (Wildman–Crippen LogP) is 2.72. The molecule has 0 amide bonds. The monoisotopic (exact) mass is 280 g/mol. The maximum Gasteiger partial charge on any atom is 0.137 e. The van der Waals surface area contributed by atoms with Crippen LogP contribution < -0.4 is 10.2 Å². The molecule has 1 aliphatic rings. The number of aryl methyl sites for hydroxylation is 1. The van der Waals surface area contributed by atoms with Crippen LogP contribution >= 0.6 is 11.8 Å². The smallest absolute Gasteiger partial charge is 0.137 e. The predicted molar refractivity (Wildman–Crippen MR) is 84.5 cm³/mol. The normalized spacial score (nSPS) is 16.3. The first-order valence-electron chi connectivity index (χ1n) is 7.14. The number of thioether (sulfide) groups is 1. The van der Waals surface area contributed by atoms with Crippen LogP contribution in [0.3, 0.4) is 0 Å². The summed E-state index contributed by atoms with van der Waals surface area (Å²) in [5, 5.41) is 3.21. The van der Waals surface area contributed by atoms with Gasteiger partial charge in [-0.3, -0.25) is 0 Å². The quantitative estimate of drug-likeness (QED) is 0.918. The molecule has 0 unspecified atom stereocenters. The van der Waals surface area contributed by atoms with Gasteiger partial charge in [0.25, 0.3) is 0 Å². The highest BCUT2D eigenvalue weighted by molar-refractivity contribution is 7.99. The zero-order valence-corrected chi connectivity index (χ0v) is 13.0. The van der Waals surface area contributed by atoms with E-state index in [0.717, 1.165) is 43.4 Å². The van der Waals surface area contributed by atoms with Gasteiger partial charge in [0, 0.05) is 37.9 Å². The molecule has 0 atom stereocenters. The third kappa shape index (κ3) is 3.53. The fourth-order valence-electron chi connectivity index (χ4n) is 2.39. The van der Waals surface area contributed by atoms with E-state index in [-0.39, 0.29) is 0 Å². The molecule has 4 nitrogen and oxygen atoms in total. The standard InChI is InChI=1S/C14H24N4S/c1-4-6-12-16-13(15-3)11(2)14(17-12)18-7-5-9-19-10-8-18/h4-10H2,1-3H3,(H,15,16,17). The molecule has 0 aliphatic carbocycles. The summed E-state index contributed by atoms with van der Waals surface area (Å²) >= 11 is 2.04. The lowest BCUT2D eigenvalue weighted by Crippen LogP contribution is -2.28. The van der Waals surface area contributed by atoms with Crippen LogP contribution in [0.5, 0.6) is 0 Å². The van der Waals surface area contributed by atoms with Crippen molar-refractivity contribution < 1.29 is 0 Å². The molecule has 1 aromatic heterocycles. The van der Waals surface area contributed by atoms with Crippen molar-refractivity contribution in [1.82, 2.24) is 9.97 Å². The molecular weight excluding hydrogens is 256 g/mol. The number of anilines is 2. The first-order chi connectivity index (χ1) is 9.26. The van der Waals surface area contributed by atoms with Crippen molar-refractivity contribution in [2.75, 3.05) is 41.9 Å². The second-order valence-electron chi connectivity index (χ2n) is 4.89. The molecule has 1 aliphatic heterocycles. The lowest BCUT2D eigenvalue weighted by Gasteiger charge is -2.24. The van der Waals surface area contributed by atoms with E-state index in [9.17, 15) is 0 Å². The fourth-order valence-corrected chi connectivity index (χ4v) is 3.28. The molecule has 0 radical (unpaired) electrons. The van der Waals surface area contributed by atoms with E-state index in [1.54, 1.807) is 0 Å². The Balaban J connectivity index is 2.32. The molecule has 1 fully saturated rings. The van der Waals surface area contributed by atoms with Gasteiger partial charge in [-0.1, -0.05) is 6.92 Å². The Morgan fingerprint density at radius 3 is 2.84 bits per heavy atom. The molecule has 0 spiro atoms. The highest BCUT2D eigenvalue weighted by atomic mass is 32.2. The maximum atomic E-state index is 4.80. The van der Waals surface area contributed by atoms with E-state index >= 15 is 0 Å². The van der Waals surface area contributed by atoms with Gasteiger partial charge in [0.15, 0.2) is 0 Å². The third-order valence-electron chi connectivity index (χ3n) is 3.40. The van der Waals surface area contributed by atoms with Gasteiger partial charge < -0.3 is 10.2 Å². The van der Waals surface area contributed by atoms with Crippen molar-refractivity contribution in [1.29, 1.82) is 0 Å². The van der Waals surface area contributed by atoms with Gasteiger partial charge in [-0.05, 0) is 25.5 Å². The topological polar surface area (TPSA) is 41.1 Å². The number of aromatic nitrogens is 2. The molecule has 0 aromatic carbocycles. The second-order valence-corrected chi connectivity index (χ2v) is 6.11. The van der Waals surface area contributed by atoms with Gasteiger partial charge >= 0.3 is 0 Å². The first kappa shape index (κ1) is 14.4. The van der Waals surface area contributed by atoms with E-state index in [2.05, 4.69) is 29.0 Å². The molecule has 2 rings (SSSR count). The average molecular weight is 280 g/mol. The number of nitrogens with zero attached hydrogens (tertiary/aromatic N) is 3. The van der Waals surface area contributed by atoms with Crippen molar-refractivity contribution in [3.63, 3.8) is 0 Å². The highest BCUT2D eigenvalue weighted by Gasteiger charge is 2.17. The summed E-state index contributed by atoms with van der Waals surface area (Å²) in [6.07, 6.45) is 3.28. The Morgan fingerprint density at radius 1 is 1.26 bits per heavy atom. The molecule has 19 heavy (non-hydrogen) atoms. The SMILES string of the molecule is CCCc1nc(NC)c(C)c(N2CCCSCC2)n1. The highest BCUT2D eigenvalue weighted by Crippen LogP contribution is 2.25. The molecule has 0 saturated carbocycles. The van der Waals surface area contributed by atoms with Crippen molar-refractivity contribution in [3.05, 3.63) is 11.4 Å². The minimum absolute atomic E-state index is 0.949. The van der Waals surface area contributed by atoms with Crippen molar-refractivity contribution in [2.24, 2.45) is 0 Å². The lowest BCUT2D eigenvalue weighted by atomic mass is 10.2. The van der Waals surface area contributed by atoms with Crippen LogP contribution in [0.1, 0.15) is 31.2 Å². The van der Waals surface area contributed by atoms with E-state index < -0.39 is 0 Å². The van der Waals surface area contributed by atoms with E-state index in [1.165, 1.54) is 23.5 Å². The Bertz CT molecular complexity index is 414. The summed E-state index contributed by atoms with van der Waals surface area (Å²) < 4.78 is 0. The minimum atomic E-state index is 0.949. The Hall–Kier alpha value is -0.970. The maximum absolute atomic E-state index is 4.80. The van der Waals surface area contributed by atoms with Gasteiger partial charge in [-0.25, -0.2) is 9.97 Å². The molecule has 2 heterocycles. The minimum Gasteiger partial charge on any atom is -0.373 e. The van der Waals surface area contributed by atoms with Gasteiger partial charge in [-0.15, -0.1) is 0 Å². The number of nitrogens with one attached hydrogen (secondary N) is 1. The van der Waals surface area contributed by atoms with Gasteiger partial charge in [-0.2, -0.15) is 11.8 Å².